The number of nitrogens with one attached hydrogen (secondary N) is 3. The summed E-state index contributed by atoms with van der Waals surface area (Å²) in [5.74, 6) is -0.00745. The molecule has 1 amide bonds. The Balaban J connectivity index is 1.43. The zero-order chi connectivity index (χ0) is 24.4. The summed E-state index contributed by atoms with van der Waals surface area (Å²) >= 11 is 0. The van der Waals surface area contributed by atoms with E-state index in [1.807, 2.05) is 24.3 Å². The van der Waals surface area contributed by atoms with E-state index in [4.69, 9.17) is 14.2 Å². The van der Waals surface area contributed by atoms with Crippen LogP contribution in [0.15, 0.2) is 47.3 Å². The molecule has 3 aromatic rings. The van der Waals surface area contributed by atoms with Crippen LogP contribution in [0.5, 0.6) is 17.2 Å². The van der Waals surface area contributed by atoms with Crippen molar-refractivity contribution in [2.24, 2.45) is 5.92 Å². The quantitative estimate of drug-likeness (QED) is 0.514. The highest BCUT2D eigenvalue weighted by atomic mass is 16.5. The Labute approximate surface area is 200 Å². The molecule has 2 atom stereocenters. The van der Waals surface area contributed by atoms with Crippen LogP contribution in [0.25, 0.3) is 0 Å². The lowest BCUT2D eigenvalue weighted by Gasteiger charge is -2.28. The van der Waals surface area contributed by atoms with Crippen LogP contribution in [-0.4, -0.2) is 36.2 Å². The van der Waals surface area contributed by atoms with Crippen LogP contribution in [0.1, 0.15) is 29.0 Å². The highest BCUT2D eigenvalue weighted by Crippen LogP contribution is 2.38. The summed E-state index contributed by atoms with van der Waals surface area (Å²) in [5, 5.41) is 15.4. The SMILES string of the molecule is COc1ccc(C2c3c(nc(NCc4ccc5c(c4)OCCCO5)[nH]c3=O)NC(=O)C2C#N)cc1. The number of nitrogens with zero attached hydrogens (tertiary/aromatic N) is 2. The molecule has 0 spiro atoms. The monoisotopic (exact) mass is 473 g/mol. The Morgan fingerprint density at radius 1 is 1.14 bits per heavy atom. The molecule has 178 valence electrons. The molecule has 2 aliphatic rings. The first kappa shape index (κ1) is 22.3. The number of rotatable bonds is 5. The minimum absolute atomic E-state index is 0.132. The van der Waals surface area contributed by atoms with Crippen LogP contribution >= 0.6 is 0 Å². The van der Waals surface area contributed by atoms with Crippen LogP contribution in [0.4, 0.5) is 11.8 Å². The molecule has 0 aliphatic carbocycles. The Hall–Kier alpha value is -4.52. The molecule has 10 nitrogen and oxygen atoms in total. The molecule has 10 heteroatoms. The van der Waals surface area contributed by atoms with Gasteiger partial charge in [0.25, 0.3) is 5.56 Å². The maximum Gasteiger partial charge on any atom is 0.258 e. The normalized spacial score (nSPS) is 18.5. The number of aromatic amines is 1. The molecular weight excluding hydrogens is 450 g/mol. The zero-order valence-electron chi connectivity index (χ0n) is 19.0. The van der Waals surface area contributed by atoms with E-state index in [9.17, 15) is 14.9 Å². The Kier molecular flexibility index (Phi) is 5.97. The largest absolute Gasteiger partial charge is 0.497 e. The number of carbonyl (C=O) groups is 1. The van der Waals surface area contributed by atoms with Crippen LogP contribution < -0.4 is 30.4 Å². The molecule has 3 N–H and O–H groups in total. The van der Waals surface area contributed by atoms with Gasteiger partial charge in [-0.1, -0.05) is 18.2 Å². The molecule has 2 aromatic carbocycles. The molecule has 3 heterocycles. The molecule has 2 aliphatic heterocycles. The minimum Gasteiger partial charge on any atom is -0.497 e. The molecule has 35 heavy (non-hydrogen) atoms. The van der Waals surface area contributed by atoms with Gasteiger partial charge in [-0.3, -0.25) is 14.6 Å². The summed E-state index contributed by atoms with van der Waals surface area (Å²) in [6.45, 7) is 1.55. The lowest BCUT2D eigenvalue weighted by molar-refractivity contribution is -0.119. The fourth-order valence-electron chi connectivity index (χ4n) is 4.27. The second-order valence-electron chi connectivity index (χ2n) is 8.21. The van der Waals surface area contributed by atoms with E-state index in [1.54, 1.807) is 31.4 Å². The van der Waals surface area contributed by atoms with Crippen molar-refractivity contribution in [2.75, 3.05) is 31.0 Å². The highest BCUT2D eigenvalue weighted by molar-refractivity contribution is 5.97. The maximum atomic E-state index is 13.1. The highest BCUT2D eigenvalue weighted by Gasteiger charge is 2.40. The van der Waals surface area contributed by atoms with Crippen molar-refractivity contribution in [3.05, 3.63) is 69.5 Å². The number of methoxy groups -OCH3 is 1. The van der Waals surface area contributed by atoms with Crippen LogP contribution in [0, 0.1) is 17.2 Å². The third-order valence-electron chi connectivity index (χ3n) is 6.01. The molecular formula is C25H23N5O5. The summed E-state index contributed by atoms with van der Waals surface area (Å²) in [4.78, 5) is 33.0. The van der Waals surface area contributed by atoms with Crippen molar-refractivity contribution in [2.45, 2.75) is 18.9 Å². The number of H-pyrrole nitrogens is 1. The standard InChI is InChI=1S/C25H23N5O5/c1-33-16-6-4-15(5-7-16)20-17(12-26)23(31)28-22-21(20)24(32)30-25(29-22)27-13-14-3-8-18-19(11-14)35-10-2-9-34-18/h3-8,11,17,20H,2,9-10,13H2,1H3,(H3,27,28,29,30,31,32). The number of ether oxygens (including phenoxy) is 3. The second kappa shape index (κ2) is 9.38. The van der Waals surface area contributed by atoms with Crippen LogP contribution in [-0.2, 0) is 11.3 Å². The van der Waals surface area contributed by atoms with Gasteiger partial charge in [0.05, 0.1) is 32.0 Å². The topological polar surface area (TPSA) is 138 Å². The number of anilines is 2. The van der Waals surface area contributed by atoms with Crippen molar-refractivity contribution in [1.82, 2.24) is 9.97 Å². The number of hydrogen-bond donors (Lipinski definition) is 3. The summed E-state index contributed by atoms with van der Waals surface area (Å²) in [6.07, 6.45) is 0.818. The van der Waals surface area contributed by atoms with Gasteiger partial charge < -0.3 is 24.8 Å². The number of carbonyl (C=O) groups excluding carboxylic acids is 1. The maximum absolute atomic E-state index is 13.1. The van der Waals surface area contributed by atoms with Gasteiger partial charge in [-0.05, 0) is 35.4 Å². The summed E-state index contributed by atoms with van der Waals surface area (Å²) in [5.41, 5.74) is 1.35. The van der Waals surface area contributed by atoms with Gasteiger partial charge in [0.15, 0.2) is 11.5 Å². The van der Waals surface area contributed by atoms with Gasteiger partial charge in [-0.2, -0.15) is 10.2 Å². The van der Waals surface area contributed by atoms with Crippen LogP contribution in [0.3, 0.4) is 0 Å². The van der Waals surface area contributed by atoms with Gasteiger partial charge in [0.1, 0.15) is 17.5 Å². The lowest BCUT2D eigenvalue weighted by atomic mass is 9.79. The average molecular weight is 473 g/mol. The molecule has 5 rings (SSSR count). The smallest absolute Gasteiger partial charge is 0.258 e. The van der Waals surface area contributed by atoms with E-state index < -0.39 is 23.3 Å². The van der Waals surface area contributed by atoms with Crippen molar-refractivity contribution < 1.29 is 19.0 Å². The van der Waals surface area contributed by atoms with E-state index in [-0.39, 0.29) is 17.3 Å². The summed E-state index contributed by atoms with van der Waals surface area (Å²) in [7, 11) is 1.55. The fourth-order valence-corrected chi connectivity index (χ4v) is 4.27. The predicted octanol–water partition coefficient (Wildman–Crippen LogP) is 2.78. The first-order valence-electron chi connectivity index (χ1n) is 11.2. The molecule has 1 aromatic heterocycles. The van der Waals surface area contributed by atoms with E-state index in [0.717, 1.165) is 12.0 Å². The number of aromatic nitrogens is 2. The number of hydrogen-bond acceptors (Lipinski definition) is 8. The number of nitriles is 1. The van der Waals surface area contributed by atoms with Crippen molar-refractivity contribution in [3.8, 4) is 23.3 Å². The molecule has 0 saturated carbocycles. The van der Waals surface area contributed by atoms with E-state index in [1.165, 1.54) is 0 Å². The van der Waals surface area contributed by atoms with Crippen LogP contribution in [0.2, 0.25) is 0 Å². The van der Waals surface area contributed by atoms with E-state index in [0.29, 0.717) is 42.6 Å². The zero-order valence-corrected chi connectivity index (χ0v) is 19.0. The van der Waals surface area contributed by atoms with Crippen molar-refractivity contribution in [3.63, 3.8) is 0 Å². The average Bonchev–Trinajstić information content (AvgIpc) is 3.12. The lowest BCUT2D eigenvalue weighted by Crippen LogP contribution is -2.38. The Morgan fingerprint density at radius 3 is 2.66 bits per heavy atom. The molecule has 0 radical (unpaired) electrons. The van der Waals surface area contributed by atoms with Gasteiger partial charge in [0, 0.05) is 18.9 Å². The third kappa shape index (κ3) is 4.36. The first-order valence-corrected chi connectivity index (χ1v) is 11.2. The van der Waals surface area contributed by atoms with E-state index in [2.05, 4.69) is 20.6 Å². The second-order valence-corrected chi connectivity index (χ2v) is 8.21. The van der Waals surface area contributed by atoms with Crippen molar-refractivity contribution >= 4 is 17.7 Å². The van der Waals surface area contributed by atoms with Gasteiger partial charge in [0.2, 0.25) is 11.9 Å². The van der Waals surface area contributed by atoms with Gasteiger partial charge in [-0.15, -0.1) is 0 Å². The Bertz CT molecular complexity index is 1360. The summed E-state index contributed by atoms with van der Waals surface area (Å²) < 4.78 is 16.6. The summed E-state index contributed by atoms with van der Waals surface area (Å²) in [6, 6.07) is 14.6. The first-order chi connectivity index (χ1) is 17.1. The number of amides is 1. The van der Waals surface area contributed by atoms with Crippen molar-refractivity contribution in [1.29, 1.82) is 5.26 Å². The van der Waals surface area contributed by atoms with Gasteiger partial charge in [-0.25, -0.2) is 0 Å². The van der Waals surface area contributed by atoms with Gasteiger partial charge >= 0.3 is 0 Å². The molecule has 0 saturated heterocycles. The molecule has 0 fully saturated rings. The van der Waals surface area contributed by atoms with E-state index >= 15 is 0 Å². The number of fused-ring (bicyclic) bond motifs is 2. The predicted molar refractivity (Wildman–Crippen MR) is 127 cm³/mol. The Morgan fingerprint density at radius 2 is 1.91 bits per heavy atom. The molecule has 2 unspecified atom stereocenters. The minimum atomic E-state index is -1.07. The third-order valence-corrected chi connectivity index (χ3v) is 6.01. The fraction of sp³-hybridized carbons (Fsp3) is 0.280. The number of benzene rings is 2. The molecule has 0 bridgehead atoms.